The number of rotatable bonds is 2. The molecule has 0 bridgehead atoms. The van der Waals surface area contributed by atoms with Crippen LogP contribution >= 0.6 is 0 Å². The molecule has 5 rings (SSSR count). The van der Waals surface area contributed by atoms with Gasteiger partial charge in [-0.2, -0.15) is 0 Å². The largest absolute Gasteiger partial charge is 0.508 e. The minimum absolute atomic E-state index is 0.0300. The second kappa shape index (κ2) is 7.36. The third kappa shape index (κ3) is 3.01. The second-order valence-corrected chi connectivity index (χ2v) is 8.90. The summed E-state index contributed by atoms with van der Waals surface area (Å²) in [7, 11) is 1.48. The van der Waals surface area contributed by atoms with Gasteiger partial charge >= 0.3 is 0 Å². The van der Waals surface area contributed by atoms with Crippen molar-refractivity contribution in [2.45, 2.75) is 56.3 Å². The summed E-state index contributed by atoms with van der Waals surface area (Å²) < 4.78 is 12.0. The molecule has 1 saturated heterocycles. The predicted octanol–water partition coefficient (Wildman–Crippen LogP) is 3.76. The number of aliphatic hydroxyl groups excluding tert-OH is 1. The fourth-order valence-electron chi connectivity index (χ4n) is 5.90. The van der Waals surface area contributed by atoms with Crippen LogP contribution in [0, 0.1) is 11.8 Å². The van der Waals surface area contributed by atoms with Crippen LogP contribution in [0.4, 0.5) is 0 Å². The Morgan fingerprint density at radius 1 is 1.00 bits per heavy atom. The van der Waals surface area contributed by atoms with Gasteiger partial charge in [-0.3, -0.25) is 0 Å². The van der Waals surface area contributed by atoms with E-state index in [9.17, 15) is 20.4 Å². The molecule has 2 aromatic rings. The van der Waals surface area contributed by atoms with Crippen molar-refractivity contribution in [2.24, 2.45) is 11.8 Å². The second-order valence-electron chi connectivity index (χ2n) is 8.90. The zero-order chi connectivity index (χ0) is 21.0. The number of hydrogen-bond acceptors (Lipinski definition) is 6. The average Bonchev–Trinajstić information content (AvgIpc) is 2.75. The molecule has 2 aliphatic carbocycles. The molecule has 6 nitrogen and oxygen atoms in total. The van der Waals surface area contributed by atoms with Crippen LogP contribution in [0.2, 0.25) is 0 Å². The van der Waals surface area contributed by atoms with Gasteiger partial charge in [-0.15, -0.1) is 0 Å². The van der Waals surface area contributed by atoms with E-state index in [0.717, 1.165) is 36.8 Å². The van der Waals surface area contributed by atoms with Gasteiger partial charge in [0.05, 0.1) is 25.4 Å². The predicted molar refractivity (Wildman–Crippen MR) is 110 cm³/mol. The summed E-state index contributed by atoms with van der Waals surface area (Å²) in [6.45, 7) is 0. The highest BCUT2D eigenvalue weighted by molar-refractivity contribution is 5.59. The van der Waals surface area contributed by atoms with Crippen molar-refractivity contribution >= 4 is 0 Å². The van der Waals surface area contributed by atoms with Gasteiger partial charge in [0.25, 0.3) is 0 Å². The number of phenols is 3. The molecule has 0 amide bonds. The minimum atomic E-state index is -0.454. The molecular formula is C24H28O6. The van der Waals surface area contributed by atoms with Crippen LogP contribution in [0.15, 0.2) is 30.3 Å². The summed E-state index contributed by atoms with van der Waals surface area (Å²) in [5.74, 6) is 0.489. The number of methoxy groups -OCH3 is 1. The standard InChI is InChI=1S/C24H28O6/c1-29-24-15-8-9-17-21(27)16-7-4-13(12-2-5-14(25)6-3-12)10-20(16)30-23(17)18(15)11-19(26)22(24)28/h2-3,5-6,11,13,16-17,20-21,23,25-28H,4,7-10H2,1H3/t13-,16+,17+,20-,21+,23+/m0/s1. The van der Waals surface area contributed by atoms with Gasteiger partial charge in [-0.1, -0.05) is 12.1 Å². The first-order valence-corrected chi connectivity index (χ1v) is 10.7. The van der Waals surface area contributed by atoms with Gasteiger partial charge in [-0.05, 0) is 67.3 Å². The number of ether oxygens (including phenoxy) is 2. The summed E-state index contributed by atoms with van der Waals surface area (Å²) in [6, 6.07) is 8.92. The summed E-state index contributed by atoms with van der Waals surface area (Å²) in [6.07, 6.45) is 3.26. The molecule has 2 fully saturated rings. The van der Waals surface area contributed by atoms with Gasteiger partial charge in [-0.25, -0.2) is 0 Å². The highest BCUT2D eigenvalue weighted by atomic mass is 16.5. The maximum atomic E-state index is 11.2. The molecule has 6 heteroatoms. The number of aliphatic hydroxyl groups is 1. The van der Waals surface area contributed by atoms with Gasteiger partial charge in [0.2, 0.25) is 5.75 Å². The Balaban J connectivity index is 1.45. The van der Waals surface area contributed by atoms with Crippen LogP contribution in [-0.4, -0.2) is 39.7 Å². The first kappa shape index (κ1) is 19.5. The van der Waals surface area contributed by atoms with E-state index in [2.05, 4.69) is 0 Å². The molecule has 2 aromatic carbocycles. The van der Waals surface area contributed by atoms with Crippen LogP contribution in [0.3, 0.4) is 0 Å². The number of benzene rings is 2. The lowest BCUT2D eigenvalue weighted by Gasteiger charge is -2.51. The number of aromatic hydroxyl groups is 3. The highest BCUT2D eigenvalue weighted by Crippen LogP contribution is 2.54. The Morgan fingerprint density at radius 2 is 1.77 bits per heavy atom. The Hall–Kier alpha value is -2.44. The molecule has 160 valence electrons. The van der Waals surface area contributed by atoms with Gasteiger partial charge < -0.3 is 29.9 Å². The lowest BCUT2D eigenvalue weighted by molar-refractivity contribution is -0.193. The van der Waals surface area contributed by atoms with E-state index in [1.807, 2.05) is 12.1 Å². The molecule has 0 aromatic heterocycles. The van der Waals surface area contributed by atoms with Crippen molar-refractivity contribution in [2.75, 3.05) is 7.11 Å². The normalized spacial score (nSPS) is 32.6. The monoisotopic (exact) mass is 412 g/mol. The summed E-state index contributed by atoms with van der Waals surface area (Å²) in [5, 5.41) is 41.2. The lowest BCUT2D eigenvalue weighted by atomic mass is 9.66. The van der Waals surface area contributed by atoms with Gasteiger partial charge in [0, 0.05) is 17.4 Å². The summed E-state index contributed by atoms with van der Waals surface area (Å²) in [4.78, 5) is 0. The molecule has 0 spiro atoms. The molecule has 3 aliphatic rings. The highest BCUT2D eigenvalue weighted by Gasteiger charge is 2.50. The fraction of sp³-hybridized carbons (Fsp3) is 0.500. The van der Waals surface area contributed by atoms with Crippen molar-refractivity contribution in [1.29, 1.82) is 0 Å². The van der Waals surface area contributed by atoms with E-state index in [-0.39, 0.29) is 41.3 Å². The van der Waals surface area contributed by atoms with Crippen LogP contribution in [0.5, 0.6) is 23.0 Å². The van der Waals surface area contributed by atoms with Crippen molar-refractivity contribution < 1.29 is 29.9 Å². The van der Waals surface area contributed by atoms with Crippen molar-refractivity contribution in [3.63, 3.8) is 0 Å². The molecule has 0 radical (unpaired) electrons. The number of phenolic OH excluding ortho intramolecular Hbond substituents is 3. The molecule has 0 unspecified atom stereocenters. The van der Waals surface area contributed by atoms with Crippen LogP contribution in [-0.2, 0) is 11.2 Å². The molecular weight excluding hydrogens is 384 g/mol. The van der Waals surface area contributed by atoms with Crippen LogP contribution < -0.4 is 4.74 Å². The van der Waals surface area contributed by atoms with E-state index >= 15 is 0 Å². The van der Waals surface area contributed by atoms with Crippen molar-refractivity contribution in [1.82, 2.24) is 0 Å². The zero-order valence-electron chi connectivity index (χ0n) is 17.0. The van der Waals surface area contributed by atoms with Gasteiger partial charge in [0.1, 0.15) is 5.75 Å². The van der Waals surface area contributed by atoms with E-state index in [1.54, 1.807) is 18.2 Å². The fourth-order valence-corrected chi connectivity index (χ4v) is 5.90. The Bertz CT molecular complexity index is 940. The van der Waals surface area contributed by atoms with E-state index in [4.69, 9.17) is 9.47 Å². The smallest absolute Gasteiger partial charge is 0.200 e. The molecule has 4 N–H and O–H groups in total. The Labute approximate surface area is 175 Å². The first-order chi connectivity index (χ1) is 14.5. The van der Waals surface area contributed by atoms with Crippen LogP contribution in [0.25, 0.3) is 0 Å². The van der Waals surface area contributed by atoms with E-state index in [0.29, 0.717) is 18.1 Å². The number of hydrogen-bond donors (Lipinski definition) is 4. The lowest BCUT2D eigenvalue weighted by Crippen LogP contribution is -2.51. The Morgan fingerprint density at radius 3 is 2.50 bits per heavy atom. The van der Waals surface area contributed by atoms with Crippen molar-refractivity contribution in [3.8, 4) is 23.0 Å². The van der Waals surface area contributed by atoms with Crippen LogP contribution in [0.1, 0.15) is 54.4 Å². The maximum absolute atomic E-state index is 11.2. The number of fused-ring (bicyclic) bond motifs is 4. The molecule has 6 atom stereocenters. The molecule has 1 saturated carbocycles. The topological polar surface area (TPSA) is 99.4 Å². The third-order valence-corrected chi connectivity index (χ3v) is 7.41. The Kier molecular flexibility index (Phi) is 4.79. The minimum Gasteiger partial charge on any atom is -0.508 e. The summed E-state index contributed by atoms with van der Waals surface area (Å²) in [5.41, 5.74) is 2.84. The first-order valence-electron chi connectivity index (χ1n) is 10.7. The third-order valence-electron chi connectivity index (χ3n) is 7.41. The quantitative estimate of drug-likeness (QED) is 0.561. The summed E-state index contributed by atoms with van der Waals surface area (Å²) >= 11 is 0. The van der Waals surface area contributed by atoms with E-state index < -0.39 is 6.10 Å². The van der Waals surface area contributed by atoms with Crippen molar-refractivity contribution in [3.05, 3.63) is 47.0 Å². The zero-order valence-corrected chi connectivity index (χ0v) is 17.0. The SMILES string of the molecule is COc1c(O)c(O)cc2c1CC[C@@H]1[C@H](O)[C@@H]3CC[C@H](c4ccc(O)cc4)C[C@@H]3O[C@@H]21. The average molecular weight is 412 g/mol. The maximum Gasteiger partial charge on any atom is 0.200 e. The molecule has 1 heterocycles. The van der Waals surface area contributed by atoms with Gasteiger partial charge in [0.15, 0.2) is 11.5 Å². The molecule has 30 heavy (non-hydrogen) atoms. The van der Waals surface area contributed by atoms with E-state index in [1.165, 1.54) is 12.7 Å². The molecule has 1 aliphatic heterocycles.